The van der Waals surface area contributed by atoms with Gasteiger partial charge in [-0.2, -0.15) is 0 Å². The van der Waals surface area contributed by atoms with Crippen LogP contribution in [-0.4, -0.2) is 23.2 Å². The van der Waals surface area contributed by atoms with E-state index in [1.54, 1.807) is 23.4 Å². The number of aliphatic hydroxyl groups excluding tert-OH is 1. The fraction of sp³-hybridized carbons (Fsp3) is 0.200. The molecule has 0 radical (unpaired) electrons. The normalized spacial score (nSPS) is 13.2. The smallest absolute Gasteiger partial charge is 0.271 e. The van der Waals surface area contributed by atoms with Crippen LogP contribution in [0, 0.1) is 10.1 Å². The third-order valence-corrected chi connectivity index (χ3v) is 2.34. The minimum Gasteiger partial charge on any atom is -0.395 e. The lowest BCUT2D eigenvalue weighted by atomic mass is 10.2. The Labute approximate surface area is 92.0 Å². The number of nitrogens with zero attached hydrogens (tertiary/aromatic N) is 2. The highest BCUT2D eigenvalue weighted by Gasteiger charge is 2.16. The van der Waals surface area contributed by atoms with Gasteiger partial charge in [0.1, 0.15) is 0 Å². The van der Waals surface area contributed by atoms with Crippen LogP contribution in [-0.2, 0) is 0 Å². The number of nitro benzene ring substituents is 1. The summed E-state index contributed by atoms with van der Waals surface area (Å²) in [6.45, 7) is 0.402. The monoisotopic (exact) mass is 221 g/mol. The largest absolute Gasteiger partial charge is 0.395 e. The van der Waals surface area contributed by atoms with Gasteiger partial charge < -0.3 is 15.3 Å². The predicted molar refractivity (Wildman–Crippen MR) is 60.3 cm³/mol. The first-order valence-electron chi connectivity index (χ1n) is 4.81. The molecule has 0 spiro atoms. The zero-order chi connectivity index (χ0) is 11.5. The molecule has 0 bridgehead atoms. The average molecular weight is 221 g/mol. The van der Waals surface area contributed by atoms with Gasteiger partial charge in [0, 0.05) is 31.1 Å². The molecule has 0 saturated carbocycles. The molecule has 1 heterocycles. The maximum Gasteiger partial charge on any atom is 0.271 e. The number of fused-ring (bicyclic) bond motifs is 1. The summed E-state index contributed by atoms with van der Waals surface area (Å²) < 4.78 is 0. The molecule has 0 amide bonds. The number of benzene rings is 1. The van der Waals surface area contributed by atoms with Gasteiger partial charge in [0.15, 0.2) is 0 Å². The maximum atomic E-state index is 10.7. The summed E-state index contributed by atoms with van der Waals surface area (Å²) in [4.78, 5) is 12.0. The van der Waals surface area contributed by atoms with Gasteiger partial charge >= 0.3 is 0 Å². The van der Waals surface area contributed by atoms with Gasteiger partial charge in [-0.25, -0.2) is 0 Å². The van der Waals surface area contributed by atoms with Gasteiger partial charge in [-0.3, -0.25) is 10.1 Å². The molecule has 0 atom stereocenters. The van der Waals surface area contributed by atoms with Gasteiger partial charge in [-0.05, 0) is 6.07 Å². The molecule has 0 unspecified atom stereocenters. The Balaban J connectivity index is 2.39. The van der Waals surface area contributed by atoms with Gasteiger partial charge in [0.2, 0.25) is 0 Å². The van der Waals surface area contributed by atoms with Crippen molar-refractivity contribution in [2.24, 2.45) is 0 Å². The van der Waals surface area contributed by atoms with Gasteiger partial charge in [0.05, 0.1) is 22.9 Å². The molecule has 0 aliphatic carbocycles. The quantitative estimate of drug-likeness (QED) is 0.594. The SMILES string of the molecule is O=[N+]([O-])c1ccc2c(c1)N(CCO)C=CN2. The number of non-ortho nitro benzene ring substituents is 1. The van der Waals surface area contributed by atoms with E-state index in [0.29, 0.717) is 12.2 Å². The van der Waals surface area contributed by atoms with Crippen LogP contribution in [0.5, 0.6) is 0 Å². The number of anilines is 2. The minimum absolute atomic E-state index is 0.00747. The first kappa shape index (κ1) is 10.4. The number of β-amino-alcohol motifs (C(OH)–C–C–N with tert-alkyl or cyclic N) is 1. The van der Waals surface area contributed by atoms with E-state index in [2.05, 4.69) is 5.32 Å². The van der Waals surface area contributed by atoms with Crippen LogP contribution in [0.1, 0.15) is 0 Å². The molecule has 1 aromatic rings. The molecular formula is C10H11N3O3. The molecule has 0 aromatic heterocycles. The first-order valence-corrected chi connectivity index (χ1v) is 4.81. The lowest BCUT2D eigenvalue weighted by molar-refractivity contribution is -0.384. The van der Waals surface area contributed by atoms with E-state index in [1.165, 1.54) is 12.1 Å². The number of nitro groups is 1. The van der Waals surface area contributed by atoms with E-state index >= 15 is 0 Å². The fourth-order valence-electron chi connectivity index (χ4n) is 1.59. The topological polar surface area (TPSA) is 78.6 Å². The molecular weight excluding hydrogens is 210 g/mol. The number of hydrogen-bond donors (Lipinski definition) is 2. The van der Waals surface area contributed by atoms with Crippen molar-refractivity contribution in [1.29, 1.82) is 0 Å². The van der Waals surface area contributed by atoms with Crippen molar-refractivity contribution < 1.29 is 10.0 Å². The second-order valence-corrected chi connectivity index (χ2v) is 3.34. The number of aliphatic hydroxyl groups is 1. The van der Waals surface area contributed by atoms with Crippen LogP contribution in [0.2, 0.25) is 0 Å². The summed E-state index contributed by atoms with van der Waals surface area (Å²) >= 11 is 0. The van der Waals surface area contributed by atoms with Crippen LogP contribution < -0.4 is 10.2 Å². The highest BCUT2D eigenvalue weighted by atomic mass is 16.6. The van der Waals surface area contributed by atoms with Crippen molar-refractivity contribution in [3.8, 4) is 0 Å². The van der Waals surface area contributed by atoms with Crippen molar-refractivity contribution in [1.82, 2.24) is 0 Å². The molecule has 0 saturated heterocycles. The third-order valence-electron chi connectivity index (χ3n) is 2.34. The Kier molecular flexibility index (Phi) is 2.74. The summed E-state index contributed by atoms with van der Waals surface area (Å²) in [6, 6.07) is 4.59. The van der Waals surface area contributed by atoms with Crippen LogP contribution in [0.15, 0.2) is 30.6 Å². The fourth-order valence-corrected chi connectivity index (χ4v) is 1.59. The van der Waals surface area contributed by atoms with Gasteiger partial charge in [-0.1, -0.05) is 0 Å². The van der Waals surface area contributed by atoms with Crippen molar-refractivity contribution in [3.05, 3.63) is 40.7 Å². The van der Waals surface area contributed by atoms with E-state index in [1.807, 2.05) is 0 Å². The van der Waals surface area contributed by atoms with E-state index in [9.17, 15) is 10.1 Å². The summed E-state index contributed by atoms with van der Waals surface area (Å²) in [5.41, 5.74) is 1.53. The summed E-state index contributed by atoms with van der Waals surface area (Å²) in [6.07, 6.45) is 3.46. The van der Waals surface area contributed by atoms with E-state index < -0.39 is 4.92 Å². The van der Waals surface area contributed by atoms with E-state index in [-0.39, 0.29) is 12.3 Å². The first-order chi connectivity index (χ1) is 7.72. The van der Waals surface area contributed by atoms with Crippen molar-refractivity contribution in [3.63, 3.8) is 0 Å². The molecule has 16 heavy (non-hydrogen) atoms. The number of rotatable bonds is 3. The Morgan fingerprint density at radius 3 is 3.00 bits per heavy atom. The molecule has 2 N–H and O–H groups in total. The molecule has 1 aliphatic rings. The van der Waals surface area contributed by atoms with Crippen molar-refractivity contribution in [2.75, 3.05) is 23.4 Å². The van der Waals surface area contributed by atoms with Crippen molar-refractivity contribution >= 4 is 17.1 Å². The molecule has 2 rings (SSSR count). The van der Waals surface area contributed by atoms with Gasteiger partial charge in [0.25, 0.3) is 5.69 Å². The highest BCUT2D eigenvalue weighted by molar-refractivity contribution is 5.77. The van der Waals surface area contributed by atoms with Crippen LogP contribution in [0.3, 0.4) is 0 Å². The summed E-state index contributed by atoms with van der Waals surface area (Å²) in [7, 11) is 0. The summed E-state index contributed by atoms with van der Waals surface area (Å²) in [5, 5.41) is 22.5. The second-order valence-electron chi connectivity index (χ2n) is 3.34. The van der Waals surface area contributed by atoms with Crippen LogP contribution >= 0.6 is 0 Å². The Hall–Kier alpha value is -2.08. The number of hydrogen-bond acceptors (Lipinski definition) is 5. The lowest BCUT2D eigenvalue weighted by Crippen LogP contribution is -2.24. The second kappa shape index (κ2) is 4.19. The van der Waals surface area contributed by atoms with Crippen LogP contribution in [0.25, 0.3) is 0 Å². The molecule has 84 valence electrons. The van der Waals surface area contributed by atoms with Crippen molar-refractivity contribution in [2.45, 2.75) is 0 Å². The zero-order valence-corrected chi connectivity index (χ0v) is 8.46. The van der Waals surface area contributed by atoms with E-state index in [4.69, 9.17) is 5.11 Å². The Bertz CT molecular complexity index is 445. The predicted octanol–water partition coefficient (Wildman–Crippen LogP) is 1.29. The zero-order valence-electron chi connectivity index (χ0n) is 8.46. The number of nitrogens with one attached hydrogen (secondary N) is 1. The Morgan fingerprint density at radius 2 is 2.31 bits per heavy atom. The molecule has 1 aliphatic heterocycles. The Morgan fingerprint density at radius 1 is 1.50 bits per heavy atom. The molecule has 1 aromatic carbocycles. The minimum atomic E-state index is -0.435. The lowest BCUT2D eigenvalue weighted by Gasteiger charge is -2.25. The average Bonchev–Trinajstić information content (AvgIpc) is 2.29. The maximum absolute atomic E-state index is 10.7. The molecule has 0 fully saturated rings. The third kappa shape index (κ3) is 1.82. The highest BCUT2D eigenvalue weighted by Crippen LogP contribution is 2.32. The van der Waals surface area contributed by atoms with Gasteiger partial charge in [-0.15, -0.1) is 0 Å². The standard InChI is InChI=1S/C10H11N3O3/c14-6-5-12-4-3-11-9-2-1-8(13(15)16)7-10(9)12/h1-4,7,11,14H,5-6H2. The molecule has 6 nitrogen and oxygen atoms in total. The summed E-state index contributed by atoms with van der Waals surface area (Å²) in [5.74, 6) is 0. The molecule has 6 heteroatoms. The van der Waals surface area contributed by atoms with Crippen LogP contribution in [0.4, 0.5) is 17.1 Å². The van der Waals surface area contributed by atoms with E-state index in [0.717, 1.165) is 5.69 Å².